The summed E-state index contributed by atoms with van der Waals surface area (Å²) in [7, 11) is 1.80. The highest BCUT2D eigenvalue weighted by molar-refractivity contribution is 9.10. The van der Waals surface area contributed by atoms with Crippen LogP contribution in [-0.4, -0.2) is 9.78 Å². The van der Waals surface area contributed by atoms with E-state index >= 15 is 0 Å². The highest BCUT2D eigenvalue weighted by Gasteiger charge is 2.18. The summed E-state index contributed by atoms with van der Waals surface area (Å²) in [5, 5.41) is 4.61. The van der Waals surface area contributed by atoms with Crippen molar-refractivity contribution in [1.29, 1.82) is 0 Å². The van der Waals surface area contributed by atoms with Crippen LogP contribution in [0.1, 0.15) is 5.69 Å². The van der Waals surface area contributed by atoms with Gasteiger partial charge in [-0.3, -0.25) is 4.68 Å². The summed E-state index contributed by atoms with van der Waals surface area (Å²) in [4.78, 5) is 0. The Kier molecular flexibility index (Phi) is 3.04. The number of aromatic nitrogens is 2. The van der Waals surface area contributed by atoms with Crippen LogP contribution >= 0.6 is 27.5 Å². The molecule has 84 valence electrons. The van der Waals surface area contributed by atoms with Crippen LogP contribution in [-0.2, 0) is 7.05 Å². The lowest BCUT2D eigenvalue weighted by Gasteiger charge is -2.02. The molecule has 2 aromatic rings. The van der Waals surface area contributed by atoms with Crippen molar-refractivity contribution in [2.75, 3.05) is 0 Å². The molecule has 0 N–H and O–H groups in total. The number of benzene rings is 1. The van der Waals surface area contributed by atoms with Crippen molar-refractivity contribution in [3.8, 4) is 11.3 Å². The molecule has 1 heterocycles. The van der Waals surface area contributed by atoms with Crippen LogP contribution in [0.5, 0.6) is 0 Å². The summed E-state index contributed by atoms with van der Waals surface area (Å²) in [6.45, 7) is 1.90. The van der Waals surface area contributed by atoms with Crippen molar-refractivity contribution < 1.29 is 4.39 Å². The summed E-state index contributed by atoms with van der Waals surface area (Å²) >= 11 is 9.38. The van der Waals surface area contributed by atoms with Gasteiger partial charge in [0, 0.05) is 12.7 Å². The third-order valence-electron chi connectivity index (χ3n) is 2.46. The molecule has 5 heteroatoms. The average molecular weight is 304 g/mol. The van der Waals surface area contributed by atoms with Crippen molar-refractivity contribution >= 4 is 27.5 Å². The van der Waals surface area contributed by atoms with Gasteiger partial charge in [-0.15, -0.1) is 0 Å². The van der Waals surface area contributed by atoms with Gasteiger partial charge in [0.1, 0.15) is 11.5 Å². The molecule has 2 rings (SSSR count). The van der Waals surface area contributed by atoms with Gasteiger partial charge in [-0.1, -0.05) is 17.7 Å². The van der Waals surface area contributed by atoms with E-state index in [1.807, 2.05) is 6.92 Å². The zero-order valence-corrected chi connectivity index (χ0v) is 11.1. The molecule has 16 heavy (non-hydrogen) atoms. The van der Waals surface area contributed by atoms with Gasteiger partial charge in [0.05, 0.1) is 15.1 Å². The zero-order chi connectivity index (χ0) is 11.9. The predicted molar refractivity (Wildman–Crippen MR) is 66.0 cm³/mol. The van der Waals surface area contributed by atoms with Gasteiger partial charge in [0.15, 0.2) is 0 Å². The van der Waals surface area contributed by atoms with E-state index in [0.717, 1.165) is 10.2 Å². The summed E-state index contributed by atoms with van der Waals surface area (Å²) in [6, 6.07) is 4.60. The summed E-state index contributed by atoms with van der Waals surface area (Å²) in [6.07, 6.45) is 0. The van der Waals surface area contributed by atoms with E-state index in [4.69, 9.17) is 11.6 Å². The van der Waals surface area contributed by atoms with Crippen molar-refractivity contribution in [3.63, 3.8) is 0 Å². The lowest BCUT2D eigenvalue weighted by atomic mass is 10.1. The Morgan fingerprint density at radius 2 is 2.12 bits per heavy atom. The second-order valence-electron chi connectivity index (χ2n) is 3.47. The number of rotatable bonds is 1. The summed E-state index contributed by atoms with van der Waals surface area (Å²) < 4.78 is 16.2. The van der Waals surface area contributed by atoms with E-state index < -0.39 is 0 Å². The molecule has 2 nitrogen and oxygen atoms in total. The van der Waals surface area contributed by atoms with Crippen LogP contribution < -0.4 is 0 Å². The summed E-state index contributed by atoms with van der Waals surface area (Å²) in [5.74, 6) is -0.369. The van der Waals surface area contributed by atoms with Gasteiger partial charge in [0.25, 0.3) is 0 Å². The molecule has 0 spiro atoms. The largest absolute Gasteiger partial charge is 0.271 e. The first-order valence-corrected chi connectivity index (χ1v) is 5.83. The third kappa shape index (κ3) is 1.76. The molecule has 0 bridgehead atoms. The highest BCUT2D eigenvalue weighted by Crippen LogP contribution is 2.35. The molecule has 0 fully saturated rings. The third-order valence-corrected chi connectivity index (χ3v) is 3.72. The molecule has 0 aliphatic heterocycles. The molecule has 0 saturated carbocycles. The number of hydrogen-bond acceptors (Lipinski definition) is 1. The minimum Gasteiger partial charge on any atom is -0.271 e. The quantitative estimate of drug-likeness (QED) is 0.780. The smallest absolute Gasteiger partial charge is 0.134 e. The van der Waals surface area contributed by atoms with Crippen LogP contribution in [0.4, 0.5) is 4.39 Å². The first-order valence-electron chi connectivity index (χ1n) is 4.66. The molecule has 0 amide bonds. The van der Waals surface area contributed by atoms with Gasteiger partial charge in [-0.05, 0) is 35.0 Å². The second kappa shape index (κ2) is 4.18. The Balaban J connectivity index is 2.72. The summed E-state index contributed by atoms with van der Waals surface area (Å²) in [5.41, 5.74) is 1.79. The molecule has 0 aliphatic carbocycles. The fourth-order valence-electron chi connectivity index (χ4n) is 1.47. The van der Waals surface area contributed by atoms with Crippen LogP contribution in [0.15, 0.2) is 22.7 Å². The predicted octanol–water partition coefficient (Wildman–Crippen LogP) is 3.95. The average Bonchev–Trinajstić information content (AvgIpc) is 2.47. The minimum atomic E-state index is -0.369. The van der Waals surface area contributed by atoms with Crippen LogP contribution in [0, 0.1) is 12.7 Å². The standard InChI is InChI=1S/C11H9BrClFN2/c1-6-10(12)11(15-16(6)2)9-7(13)4-3-5-8(9)14/h3-5H,1-2H3. The Morgan fingerprint density at radius 1 is 1.44 bits per heavy atom. The minimum absolute atomic E-state index is 0.333. The molecule has 0 unspecified atom stereocenters. The lowest BCUT2D eigenvalue weighted by molar-refractivity contribution is 0.630. The van der Waals surface area contributed by atoms with E-state index in [2.05, 4.69) is 21.0 Å². The van der Waals surface area contributed by atoms with Crippen molar-refractivity contribution in [1.82, 2.24) is 9.78 Å². The maximum Gasteiger partial charge on any atom is 0.134 e. The van der Waals surface area contributed by atoms with Crippen molar-refractivity contribution in [2.45, 2.75) is 6.92 Å². The molecular weight excluding hydrogens is 294 g/mol. The normalized spacial score (nSPS) is 10.8. The number of hydrogen-bond donors (Lipinski definition) is 0. The molecule has 0 saturated heterocycles. The number of halogens is 3. The fourth-order valence-corrected chi connectivity index (χ4v) is 2.25. The number of nitrogens with zero attached hydrogens (tertiary/aromatic N) is 2. The first kappa shape index (κ1) is 11.6. The molecule has 0 radical (unpaired) electrons. The zero-order valence-electron chi connectivity index (χ0n) is 8.76. The van der Waals surface area contributed by atoms with Gasteiger partial charge < -0.3 is 0 Å². The van der Waals surface area contributed by atoms with Gasteiger partial charge in [0.2, 0.25) is 0 Å². The van der Waals surface area contributed by atoms with E-state index in [-0.39, 0.29) is 5.82 Å². The van der Waals surface area contributed by atoms with Gasteiger partial charge in [-0.25, -0.2) is 4.39 Å². The van der Waals surface area contributed by atoms with Crippen LogP contribution in [0.25, 0.3) is 11.3 Å². The van der Waals surface area contributed by atoms with Gasteiger partial charge >= 0.3 is 0 Å². The Bertz CT molecular complexity index is 531. The van der Waals surface area contributed by atoms with Crippen LogP contribution in [0.2, 0.25) is 5.02 Å². The topological polar surface area (TPSA) is 17.8 Å². The van der Waals surface area contributed by atoms with E-state index in [1.165, 1.54) is 6.07 Å². The van der Waals surface area contributed by atoms with E-state index in [0.29, 0.717) is 16.3 Å². The maximum atomic E-state index is 13.7. The number of aryl methyl sites for hydroxylation is 1. The van der Waals surface area contributed by atoms with E-state index in [9.17, 15) is 4.39 Å². The lowest BCUT2D eigenvalue weighted by Crippen LogP contribution is -1.93. The molecule has 0 atom stereocenters. The Hall–Kier alpha value is -0.870. The van der Waals surface area contributed by atoms with E-state index in [1.54, 1.807) is 23.9 Å². The maximum absolute atomic E-state index is 13.7. The Labute approximate surface area is 106 Å². The van der Waals surface area contributed by atoms with Gasteiger partial charge in [-0.2, -0.15) is 5.10 Å². The SMILES string of the molecule is Cc1c(Br)c(-c2c(F)cccc2Cl)nn1C. The monoisotopic (exact) mass is 302 g/mol. The highest BCUT2D eigenvalue weighted by atomic mass is 79.9. The van der Waals surface area contributed by atoms with Crippen molar-refractivity contribution in [3.05, 3.63) is 39.2 Å². The van der Waals surface area contributed by atoms with Crippen LogP contribution in [0.3, 0.4) is 0 Å². The molecule has 0 aliphatic rings. The Morgan fingerprint density at radius 3 is 2.62 bits per heavy atom. The molecule has 1 aromatic carbocycles. The molecular formula is C11H9BrClFN2. The second-order valence-corrected chi connectivity index (χ2v) is 4.67. The first-order chi connectivity index (χ1) is 7.52. The fraction of sp³-hybridized carbons (Fsp3) is 0.182. The van der Waals surface area contributed by atoms with Crippen molar-refractivity contribution in [2.24, 2.45) is 7.05 Å². The molecule has 1 aromatic heterocycles.